The lowest BCUT2D eigenvalue weighted by Crippen LogP contribution is -2.40. The SMILES string of the molecule is CCn1c(SCC(=O)NCc2cccc(CN3CCOC(C)C3)c2)nnc1-c1ccco1. The van der Waals surface area contributed by atoms with Crippen LogP contribution in [0.2, 0.25) is 0 Å². The average molecular weight is 456 g/mol. The summed E-state index contributed by atoms with van der Waals surface area (Å²) in [4.78, 5) is 14.8. The van der Waals surface area contributed by atoms with Crippen LogP contribution < -0.4 is 5.32 Å². The van der Waals surface area contributed by atoms with Crippen LogP contribution in [0.1, 0.15) is 25.0 Å². The Kier molecular flexibility index (Phi) is 7.62. The minimum absolute atomic E-state index is 0.0346. The molecule has 1 aliphatic rings. The fourth-order valence-corrected chi connectivity index (χ4v) is 4.61. The van der Waals surface area contributed by atoms with Gasteiger partial charge in [0.05, 0.1) is 24.7 Å². The maximum Gasteiger partial charge on any atom is 0.230 e. The molecule has 1 saturated heterocycles. The molecule has 1 N–H and O–H groups in total. The quantitative estimate of drug-likeness (QED) is 0.496. The molecule has 1 atom stereocenters. The lowest BCUT2D eigenvalue weighted by atomic mass is 10.1. The van der Waals surface area contributed by atoms with Crippen molar-refractivity contribution in [1.29, 1.82) is 0 Å². The minimum atomic E-state index is -0.0346. The number of ether oxygens (including phenoxy) is 1. The molecule has 8 nitrogen and oxygen atoms in total. The number of furan rings is 1. The number of thioether (sulfide) groups is 1. The van der Waals surface area contributed by atoms with Crippen LogP contribution in [0.5, 0.6) is 0 Å². The molecule has 32 heavy (non-hydrogen) atoms. The number of amides is 1. The second-order valence-corrected chi connectivity index (χ2v) is 8.77. The van der Waals surface area contributed by atoms with Gasteiger partial charge in [0.15, 0.2) is 16.7 Å². The second kappa shape index (κ2) is 10.8. The van der Waals surface area contributed by atoms with Gasteiger partial charge in [-0.15, -0.1) is 10.2 Å². The van der Waals surface area contributed by atoms with Gasteiger partial charge in [-0.3, -0.25) is 14.3 Å². The van der Waals surface area contributed by atoms with E-state index in [0.717, 1.165) is 31.8 Å². The monoisotopic (exact) mass is 455 g/mol. The summed E-state index contributed by atoms with van der Waals surface area (Å²) in [6, 6.07) is 12.1. The van der Waals surface area contributed by atoms with Crippen LogP contribution in [0.4, 0.5) is 0 Å². The van der Waals surface area contributed by atoms with Crippen LogP contribution in [-0.2, 0) is 29.2 Å². The Hall–Kier alpha value is -2.62. The predicted molar refractivity (Wildman–Crippen MR) is 123 cm³/mol. The predicted octanol–water partition coefficient (Wildman–Crippen LogP) is 3.19. The molecule has 9 heteroatoms. The van der Waals surface area contributed by atoms with Gasteiger partial charge < -0.3 is 14.5 Å². The van der Waals surface area contributed by atoms with Crippen molar-refractivity contribution < 1.29 is 13.9 Å². The van der Waals surface area contributed by atoms with Gasteiger partial charge in [0.25, 0.3) is 0 Å². The first kappa shape index (κ1) is 22.6. The highest BCUT2D eigenvalue weighted by Crippen LogP contribution is 2.24. The summed E-state index contributed by atoms with van der Waals surface area (Å²) in [5, 5.41) is 12.2. The van der Waals surface area contributed by atoms with Crippen LogP contribution in [-0.4, -0.2) is 57.1 Å². The van der Waals surface area contributed by atoms with E-state index >= 15 is 0 Å². The Morgan fingerprint density at radius 2 is 2.12 bits per heavy atom. The standard InChI is InChI=1S/C23H29N5O3S/c1-3-28-22(20-8-5-10-31-20)25-26-23(28)32-16-21(29)24-13-18-6-4-7-19(12-18)15-27-9-11-30-17(2)14-27/h4-8,10,12,17H,3,9,11,13-16H2,1-2H3,(H,24,29). The average Bonchev–Trinajstić information content (AvgIpc) is 3.46. The zero-order chi connectivity index (χ0) is 22.3. The van der Waals surface area contributed by atoms with Crippen molar-refractivity contribution in [2.75, 3.05) is 25.4 Å². The number of nitrogens with one attached hydrogen (secondary N) is 1. The molecule has 2 aromatic heterocycles. The summed E-state index contributed by atoms with van der Waals surface area (Å²) >= 11 is 1.38. The van der Waals surface area contributed by atoms with Crippen LogP contribution in [0.3, 0.4) is 0 Å². The van der Waals surface area contributed by atoms with Crippen molar-refractivity contribution in [3.05, 3.63) is 53.8 Å². The van der Waals surface area contributed by atoms with Crippen molar-refractivity contribution in [2.45, 2.75) is 44.7 Å². The number of aromatic nitrogens is 3. The maximum absolute atomic E-state index is 12.4. The number of benzene rings is 1. The molecular formula is C23H29N5O3S. The first-order chi connectivity index (χ1) is 15.6. The Labute approximate surface area is 192 Å². The summed E-state index contributed by atoms with van der Waals surface area (Å²) in [6.07, 6.45) is 1.89. The molecule has 170 valence electrons. The Morgan fingerprint density at radius 3 is 2.91 bits per heavy atom. The molecule has 3 aromatic rings. The van der Waals surface area contributed by atoms with E-state index in [0.29, 0.717) is 29.8 Å². The van der Waals surface area contributed by atoms with Gasteiger partial charge in [0.1, 0.15) is 0 Å². The topological polar surface area (TPSA) is 85.4 Å². The molecule has 0 bridgehead atoms. The van der Waals surface area contributed by atoms with Gasteiger partial charge in [-0.05, 0) is 37.1 Å². The van der Waals surface area contributed by atoms with Gasteiger partial charge in [-0.2, -0.15) is 0 Å². The summed E-state index contributed by atoms with van der Waals surface area (Å²) in [5.41, 5.74) is 2.35. The molecule has 1 fully saturated rings. The smallest absolute Gasteiger partial charge is 0.230 e. The van der Waals surface area contributed by atoms with Crippen LogP contribution >= 0.6 is 11.8 Å². The third-order valence-electron chi connectivity index (χ3n) is 5.32. The Bertz CT molecular complexity index is 1020. The van der Waals surface area contributed by atoms with Gasteiger partial charge in [-0.25, -0.2) is 0 Å². The lowest BCUT2D eigenvalue weighted by molar-refractivity contribution is -0.118. The molecule has 1 amide bonds. The Morgan fingerprint density at radius 1 is 1.25 bits per heavy atom. The molecule has 4 rings (SSSR count). The first-order valence-corrected chi connectivity index (χ1v) is 11.9. The van der Waals surface area contributed by atoms with E-state index < -0.39 is 0 Å². The second-order valence-electron chi connectivity index (χ2n) is 7.83. The van der Waals surface area contributed by atoms with Crippen molar-refractivity contribution in [1.82, 2.24) is 25.0 Å². The molecule has 1 unspecified atom stereocenters. The molecule has 0 saturated carbocycles. The number of morpholine rings is 1. The highest BCUT2D eigenvalue weighted by molar-refractivity contribution is 7.99. The molecule has 1 aromatic carbocycles. The zero-order valence-corrected chi connectivity index (χ0v) is 19.3. The summed E-state index contributed by atoms with van der Waals surface area (Å²) in [7, 11) is 0. The number of hydrogen-bond donors (Lipinski definition) is 1. The van der Waals surface area contributed by atoms with Crippen LogP contribution in [0.25, 0.3) is 11.6 Å². The summed E-state index contributed by atoms with van der Waals surface area (Å²) < 4.78 is 13.0. The molecule has 0 aliphatic carbocycles. The van der Waals surface area contributed by atoms with Crippen molar-refractivity contribution in [2.24, 2.45) is 0 Å². The van der Waals surface area contributed by atoms with E-state index in [-0.39, 0.29) is 17.8 Å². The first-order valence-electron chi connectivity index (χ1n) is 10.9. The molecule has 0 radical (unpaired) electrons. The van der Waals surface area contributed by atoms with Crippen LogP contribution in [0, 0.1) is 0 Å². The fraction of sp³-hybridized carbons (Fsp3) is 0.435. The van der Waals surface area contributed by atoms with Gasteiger partial charge in [-0.1, -0.05) is 36.0 Å². The molecular weight excluding hydrogens is 426 g/mol. The van der Waals surface area contributed by atoms with Crippen molar-refractivity contribution in [3.8, 4) is 11.6 Å². The summed E-state index contributed by atoms with van der Waals surface area (Å²) in [5.74, 6) is 1.59. The van der Waals surface area contributed by atoms with Gasteiger partial charge in [0.2, 0.25) is 5.91 Å². The van der Waals surface area contributed by atoms with Gasteiger partial charge >= 0.3 is 0 Å². The molecule has 0 spiro atoms. The fourth-order valence-electron chi connectivity index (χ4n) is 3.78. The number of hydrogen-bond acceptors (Lipinski definition) is 7. The van der Waals surface area contributed by atoms with Crippen LogP contribution in [0.15, 0.2) is 52.2 Å². The Balaban J connectivity index is 1.27. The van der Waals surface area contributed by atoms with Crippen molar-refractivity contribution >= 4 is 17.7 Å². The molecule has 3 heterocycles. The largest absolute Gasteiger partial charge is 0.461 e. The number of nitrogens with zero attached hydrogens (tertiary/aromatic N) is 4. The third kappa shape index (κ3) is 5.79. The minimum Gasteiger partial charge on any atom is -0.461 e. The van der Waals surface area contributed by atoms with E-state index in [1.165, 1.54) is 17.3 Å². The number of carbonyl (C=O) groups is 1. The van der Waals surface area contributed by atoms with E-state index in [1.54, 1.807) is 6.26 Å². The van der Waals surface area contributed by atoms with E-state index in [9.17, 15) is 4.79 Å². The van der Waals surface area contributed by atoms with E-state index in [1.807, 2.05) is 29.7 Å². The zero-order valence-electron chi connectivity index (χ0n) is 18.5. The number of carbonyl (C=O) groups excluding carboxylic acids is 1. The molecule has 1 aliphatic heterocycles. The van der Waals surface area contributed by atoms with E-state index in [4.69, 9.17) is 9.15 Å². The summed E-state index contributed by atoms with van der Waals surface area (Å²) in [6.45, 7) is 8.90. The third-order valence-corrected chi connectivity index (χ3v) is 6.29. The van der Waals surface area contributed by atoms with E-state index in [2.05, 4.69) is 45.5 Å². The van der Waals surface area contributed by atoms with Gasteiger partial charge in [0, 0.05) is 32.7 Å². The lowest BCUT2D eigenvalue weighted by Gasteiger charge is -2.31. The van der Waals surface area contributed by atoms with Crippen molar-refractivity contribution in [3.63, 3.8) is 0 Å². The normalized spacial score (nSPS) is 16.9. The number of rotatable bonds is 9. The maximum atomic E-state index is 12.4. The highest BCUT2D eigenvalue weighted by atomic mass is 32.2. The highest BCUT2D eigenvalue weighted by Gasteiger charge is 2.17.